The molecule has 15 heavy (non-hydrogen) atoms. The van der Waals surface area contributed by atoms with Crippen molar-refractivity contribution in [2.75, 3.05) is 0 Å². The maximum atomic E-state index is 10.6. The molecule has 0 spiro atoms. The lowest BCUT2D eigenvalue weighted by Gasteiger charge is -1.89. The van der Waals surface area contributed by atoms with Crippen LogP contribution in [0.25, 0.3) is 10.8 Å². The van der Waals surface area contributed by atoms with Crippen molar-refractivity contribution in [3.05, 3.63) is 46.7 Å². The number of benzene rings is 1. The Morgan fingerprint density at radius 3 is 1.60 bits per heavy atom. The number of hydrogen-bond donors (Lipinski definition) is 0. The molecular weight excluding hydrogens is 196 g/mol. The molecule has 5 nitrogen and oxygen atoms in total. The van der Waals surface area contributed by atoms with E-state index in [0.29, 0.717) is 12.2 Å². The minimum atomic E-state index is 0.121. The van der Waals surface area contributed by atoms with Crippen LogP contribution >= 0.6 is 0 Å². The van der Waals surface area contributed by atoms with Crippen LogP contribution in [0.4, 0.5) is 0 Å². The van der Waals surface area contributed by atoms with Crippen molar-refractivity contribution in [2.45, 2.75) is 6.92 Å². The van der Waals surface area contributed by atoms with Gasteiger partial charge in [-0.25, -0.2) is 0 Å². The summed E-state index contributed by atoms with van der Waals surface area (Å²) in [6.45, 7) is 1.56. The summed E-state index contributed by atoms with van der Waals surface area (Å²) in [7, 11) is 0. The molecule has 0 bridgehead atoms. The van der Waals surface area contributed by atoms with Gasteiger partial charge in [0.2, 0.25) is 0 Å². The Bertz CT molecular complexity index is 336. The van der Waals surface area contributed by atoms with E-state index < -0.39 is 0 Å². The molecule has 0 fully saturated rings. The molecule has 1 aromatic rings. The second-order valence-electron chi connectivity index (χ2n) is 2.10. The molecule has 0 unspecified atom stereocenters. The Hall–Kier alpha value is -2.35. The summed E-state index contributed by atoms with van der Waals surface area (Å²) in [5.41, 5.74) is 0.775. The number of nitrogens with zero attached hydrogens (tertiary/aromatic N) is 2. The SMILES string of the molecule is CC(=O)c1ccccc1.[N-]=C=O.[N-]=C=O. The number of carbonyl (C=O) groups is 1. The summed E-state index contributed by atoms with van der Waals surface area (Å²) in [6, 6.07) is 9.23. The van der Waals surface area contributed by atoms with E-state index >= 15 is 0 Å². The predicted octanol–water partition coefficient (Wildman–Crippen LogP) is 1.67. The molecule has 0 amide bonds. The molecule has 0 aromatic heterocycles. The van der Waals surface area contributed by atoms with Gasteiger partial charge in [0.1, 0.15) is 0 Å². The standard InChI is InChI=1S/C8H8O.2CNO/c1-7(9)8-5-3-2-4-6-8;2*2-1-3/h2-6H,1H3;;/q;2*-1. The van der Waals surface area contributed by atoms with Crippen molar-refractivity contribution in [3.8, 4) is 0 Å². The molecule has 5 heteroatoms. The van der Waals surface area contributed by atoms with Crippen LogP contribution in [-0.4, -0.2) is 17.9 Å². The van der Waals surface area contributed by atoms with Gasteiger partial charge < -0.3 is 10.8 Å². The van der Waals surface area contributed by atoms with Crippen molar-refractivity contribution in [2.24, 2.45) is 0 Å². The van der Waals surface area contributed by atoms with E-state index in [0.717, 1.165) is 5.56 Å². The summed E-state index contributed by atoms with van der Waals surface area (Å²) in [5.74, 6) is 0.121. The average Bonchev–Trinajstić information content (AvgIpc) is 2.21. The molecule has 0 radical (unpaired) electrons. The van der Waals surface area contributed by atoms with E-state index in [2.05, 4.69) is 0 Å². The van der Waals surface area contributed by atoms with Crippen LogP contribution in [0.1, 0.15) is 17.3 Å². The zero-order valence-electron chi connectivity index (χ0n) is 8.01. The van der Waals surface area contributed by atoms with E-state index in [9.17, 15) is 4.79 Å². The van der Waals surface area contributed by atoms with Crippen LogP contribution in [0, 0.1) is 0 Å². The first kappa shape index (κ1) is 15.1. The van der Waals surface area contributed by atoms with Gasteiger partial charge in [0.15, 0.2) is 5.78 Å². The lowest BCUT2D eigenvalue weighted by molar-refractivity contribution is 0.101. The van der Waals surface area contributed by atoms with Gasteiger partial charge in [-0.2, -0.15) is 0 Å². The topological polar surface area (TPSA) is 95.8 Å². The maximum absolute atomic E-state index is 10.6. The van der Waals surface area contributed by atoms with Gasteiger partial charge in [0.05, 0.1) is 0 Å². The number of hydrogen-bond acceptors (Lipinski definition) is 3. The molecule has 0 N–H and O–H groups in total. The third kappa shape index (κ3) is 11.7. The highest BCUT2D eigenvalue weighted by Crippen LogP contribution is 1.97. The Balaban J connectivity index is 0. The fraction of sp³-hybridized carbons (Fsp3) is 0.100. The van der Waals surface area contributed by atoms with Crippen molar-refractivity contribution >= 4 is 17.9 Å². The van der Waals surface area contributed by atoms with E-state index in [1.165, 1.54) is 0 Å². The lowest BCUT2D eigenvalue weighted by Crippen LogP contribution is -1.88. The molecule has 78 valence electrons. The van der Waals surface area contributed by atoms with Crippen molar-refractivity contribution < 1.29 is 14.4 Å². The largest absolute Gasteiger partial charge is 0.724 e. The first-order chi connectivity index (χ1) is 7.13. The highest BCUT2D eigenvalue weighted by atomic mass is 16.1. The summed E-state index contributed by atoms with van der Waals surface area (Å²) >= 11 is 0. The Kier molecular flexibility index (Phi) is 11.8. The Labute approximate surface area is 86.8 Å². The number of carbonyl (C=O) groups excluding carboxylic acids is 3. The normalized spacial score (nSPS) is 6.47. The second-order valence-corrected chi connectivity index (χ2v) is 2.10. The molecule has 0 atom stereocenters. The van der Waals surface area contributed by atoms with Gasteiger partial charge in [-0.15, -0.1) is 0 Å². The number of isocyanates is 2. The molecule has 1 aromatic carbocycles. The first-order valence-electron chi connectivity index (χ1n) is 3.72. The summed E-state index contributed by atoms with van der Waals surface area (Å²) in [6.07, 6.45) is 1.00. The number of Topliss-reactive ketones (excluding diaryl/α,β-unsaturated/α-hetero) is 1. The van der Waals surface area contributed by atoms with Gasteiger partial charge >= 0.3 is 0 Å². The number of rotatable bonds is 1. The number of ketones is 1. The van der Waals surface area contributed by atoms with E-state index in [4.69, 9.17) is 20.4 Å². The minimum absolute atomic E-state index is 0.121. The van der Waals surface area contributed by atoms with Crippen LogP contribution in [0.3, 0.4) is 0 Å². The van der Waals surface area contributed by atoms with Gasteiger partial charge in [-0.05, 0) is 19.1 Å². The van der Waals surface area contributed by atoms with Crippen molar-refractivity contribution in [1.82, 2.24) is 0 Å². The van der Waals surface area contributed by atoms with Crippen LogP contribution in [0.15, 0.2) is 30.3 Å². The predicted molar refractivity (Wildman–Crippen MR) is 54.6 cm³/mol. The van der Waals surface area contributed by atoms with Gasteiger partial charge in [0.25, 0.3) is 0 Å². The van der Waals surface area contributed by atoms with Crippen LogP contribution in [-0.2, 0) is 9.59 Å². The van der Waals surface area contributed by atoms with Crippen LogP contribution < -0.4 is 0 Å². The summed E-state index contributed by atoms with van der Waals surface area (Å²) in [4.78, 5) is 27.1. The molecule has 0 heterocycles. The molecular formula is C10H8N2O3-2. The van der Waals surface area contributed by atoms with E-state index in [1.54, 1.807) is 6.92 Å². The molecule has 0 aliphatic carbocycles. The Morgan fingerprint density at radius 1 is 1.07 bits per heavy atom. The van der Waals surface area contributed by atoms with Crippen LogP contribution in [0.2, 0.25) is 0 Å². The van der Waals surface area contributed by atoms with Crippen molar-refractivity contribution in [1.29, 1.82) is 0 Å². The zero-order valence-corrected chi connectivity index (χ0v) is 8.01. The second kappa shape index (κ2) is 11.6. The first-order valence-corrected chi connectivity index (χ1v) is 3.72. The monoisotopic (exact) mass is 204 g/mol. The third-order valence-electron chi connectivity index (χ3n) is 1.18. The maximum Gasteiger partial charge on any atom is 0.159 e. The summed E-state index contributed by atoms with van der Waals surface area (Å²) < 4.78 is 0. The molecule has 0 aliphatic heterocycles. The summed E-state index contributed by atoms with van der Waals surface area (Å²) in [5, 5.41) is 13.5. The Morgan fingerprint density at radius 2 is 1.40 bits per heavy atom. The zero-order chi connectivity index (χ0) is 12.1. The highest BCUT2D eigenvalue weighted by Gasteiger charge is 1.92. The van der Waals surface area contributed by atoms with E-state index in [-0.39, 0.29) is 5.78 Å². The fourth-order valence-electron chi connectivity index (χ4n) is 0.673. The lowest BCUT2D eigenvalue weighted by atomic mass is 10.2. The van der Waals surface area contributed by atoms with Gasteiger partial charge in [0, 0.05) is 5.56 Å². The van der Waals surface area contributed by atoms with Crippen molar-refractivity contribution in [3.63, 3.8) is 0 Å². The molecule has 0 saturated carbocycles. The quantitative estimate of drug-likeness (QED) is 0.395. The van der Waals surface area contributed by atoms with E-state index in [1.807, 2.05) is 30.3 Å². The fourth-order valence-corrected chi connectivity index (χ4v) is 0.673. The average molecular weight is 204 g/mol. The van der Waals surface area contributed by atoms with Gasteiger partial charge in [-0.1, -0.05) is 30.3 Å². The molecule has 1 rings (SSSR count). The third-order valence-corrected chi connectivity index (χ3v) is 1.18. The smallest absolute Gasteiger partial charge is 0.159 e. The van der Waals surface area contributed by atoms with Crippen LogP contribution in [0.5, 0.6) is 0 Å². The van der Waals surface area contributed by atoms with Gasteiger partial charge in [-0.3, -0.25) is 14.4 Å². The highest BCUT2D eigenvalue weighted by molar-refractivity contribution is 5.93. The molecule has 0 aliphatic rings. The molecule has 0 saturated heterocycles. The minimum Gasteiger partial charge on any atom is -0.724 e.